The molecule has 0 aliphatic heterocycles. The van der Waals surface area contributed by atoms with Gasteiger partial charge in [-0.15, -0.1) is 0 Å². The Morgan fingerprint density at radius 3 is 2.63 bits per heavy atom. The minimum Gasteiger partial charge on any atom is -0.481 e. The molecular formula is C14H11BrClNO2. The summed E-state index contributed by atoms with van der Waals surface area (Å²) in [6, 6.07) is 10.6. The van der Waals surface area contributed by atoms with Crippen molar-refractivity contribution in [3.05, 3.63) is 63.3 Å². The maximum atomic E-state index is 11.4. The van der Waals surface area contributed by atoms with Crippen LogP contribution >= 0.6 is 27.5 Å². The van der Waals surface area contributed by atoms with Crippen LogP contribution in [-0.4, -0.2) is 16.1 Å². The monoisotopic (exact) mass is 339 g/mol. The Bertz CT molecular complexity index is 586. The standard InChI is InChI=1S/C14H11BrClNO2/c15-9-5-6-10(17-8-9)7-12(14(18)19)11-3-1-2-4-13(11)16/h1-6,8,12H,7H2,(H,18,19). The molecule has 1 aromatic carbocycles. The van der Waals surface area contributed by atoms with Crippen LogP contribution in [-0.2, 0) is 11.2 Å². The largest absolute Gasteiger partial charge is 0.481 e. The highest BCUT2D eigenvalue weighted by Crippen LogP contribution is 2.27. The summed E-state index contributed by atoms with van der Waals surface area (Å²) in [7, 11) is 0. The molecule has 0 radical (unpaired) electrons. The molecule has 2 rings (SSSR count). The SMILES string of the molecule is O=C(O)C(Cc1ccc(Br)cn1)c1ccccc1Cl. The number of carboxylic acid groups (broad SMARTS) is 1. The van der Waals surface area contributed by atoms with Gasteiger partial charge >= 0.3 is 5.97 Å². The van der Waals surface area contributed by atoms with Crippen molar-refractivity contribution in [2.24, 2.45) is 0 Å². The Morgan fingerprint density at radius 2 is 2.05 bits per heavy atom. The van der Waals surface area contributed by atoms with Gasteiger partial charge in [-0.25, -0.2) is 0 Å². The Morgan fingerprint density at radius 1 is 1.32 bits per heavy atom. The second kappa shape index (κ2) is 6.17. The average molecular weight is 341 g/mol. The Kier molecular flexibility index (Phi) is 4.56. The van der Waals surface area contributed by atoms with Gasteiger partial charge in [-0.2, -0.15) is 0 Å². The Labute approximate surface area is 124 Å². The number of pyridine rings is 1. The third kappa shape index (κ3) is 3.55. The molecule has 0 amide bonds. The molecule has 1 atom stereocenters. The number of hydrogen-bond donors (Lipinski definition) is 1. The first-order valence-electron chi connectivity index (χ1n) is 5.65. The van der Waals surface area contributed by atoms with Crippen molar-refractivity contribution in [2.75, 3.05) is 0 Å². The summed E-state index contributed by atoms with van der Waals surface area (Å²) in [5.41, 5.74) is 1.33. The van der Waals surface area contributed by atoms with Crippen LogP contribution in [0.15, 0.2) is 47.1 Å². The van der Waals surface area contributed by atoms with Crippen LogP contribution in [0.5, 0.6) is 0 Å². The van der Waals surface area contributed by atoms with E-state index in [0.717, 1.165) is 10.2 Å². The maximum Gasteiger partial charge on any atom is 0.311 e. The van der Waals surface area contributed by atoms with Gasteiger partial charge in [0.1, 0.15) is 0 Å². The molecule has 0 bridgehead atoms. The summed E-state index contributed by atoms with van der Waals surface area (Å²) in [4.78, 5) is 15.6. The molecule has 0 saturated carbocycles. The lowest BCUT2D eigenvalue weighted by atomic mass is 9.94. The number of nitrogens with zero attached hydrogens (tertiary/aromatic N) is 1. The van der Waals surface area contributed by atoms with Gasteiger partial charge < -0.3 is 5.11 Å². The van der Waals surface area contributed by atoms with E-state index in [9.17, 15) is 9.90 Å². The predicted octanol–water partition coefficient (Wildman–Crippen LogP) is 3.91. The van der Waals surface area contributed by atoms with Crippen molar-refractivity contribution in [1.82, 2.24) is 4.98 Å². The summed E-state index contributed by atoms with van der Waals surface area (Å²) in [5, 5.41) is 9.84. The van der Waals surface area contributed by atoms with Gasteiger partial charge in [0.05, 0.1) is 5.92 Å². The van der Waals surface area contributed by atoms with Crippen LogP contribution in [0.2, 0.25) is 5.02 Å². The van der Waals surface area contributed by atoms with E-state index in [-0.39, 0.29) is 0 Å². The van der Waals surface area contributed by atoms with E-state index in [1.165, 1.54) is 0 Å². The topological polar surface area (TPSA) is 50.2 Å². The van der Waals surface area contributed by atoms with Gasteiger partial charge in [0.2, 0.25) is 0 Å². The first-order valence-corrected chi connectivity index (χ1v) is 6.82. The average Bonchev–Trinajstić information content (AvgIpc) is 2.39. The zero-order chi connectivity index (χ0) is 13.8. The van der Waals surface area contributed by atoms with Crippen LogP contribution in [0.4, 0.5) is 0 Å². The van der Waals surface area contributed by atoms with Crippen LogP contribution in [0, 0.1) is 0 Å². The van der Waals surface area contributed by atoms with E-state index >= 15 is 0 Å². The Hall–Kier alpha value is -1.39. The number of aliphatic carboxylic acids is 1. The van der Waals surface area contributed by atoms with Crippen LogP contribution < -0.4 is 0 Å². The summed E-state index contributed by atoms with van der Waals surface area (Å²) in [6.07, 6.45) is 1.97. The van der Waals surface area contributed by atoms with Gasteiger partial charge in [0.15, 0.2) is 0 Å². The molecule has 5 heteroatoms. The summed E-state index contributed by atoms with van der Waals surface area (Å²) >= 11 is 9.36. The third-order valence-electron chi connectivity index (χ3n) is 2.78. The van der Waals surface area contributed by atoms with Gasteiger partial charge in [-0.3, -0.25) is 9.78 Å². The zero-order valence-corrected chi connectivity index (χ0v) is 12.2. The molecule has 1 N–H and O–H groups in total. The Balaban J connectivity index is 2.29. The highest BCUT2D eigenvalue weighted by molar-refractivity contribution is 9.10. The van der Waals surface area contributed by atoms with E-state index in [1.807, 2.05) is 6.07 Å². The van der Waals surface area contributed by atoms with E-state index in [0.29, 0.717) is 17.0 Å². The molecule has 0 aliphatic rings. The van der Waals surface area contributed by atoms with Gasteiger partial charge in [-0.1, -0.05) is 29.8 Å². The molecule has 0 spiro atoms. The van der Waals surface area contributed by atoms with Gasteiger partial charge in [0.25, 0.3) is 0 Å². The first-order chi connectivity index (χ1) is 9.08. The molecule has 1 heterocycles. The summed E-state index contributed by atoms with van der Waals surface area (Å²) in [5.74, 6) is -1.60. The molecule has 0 aliphatic carbocycles. The van der Waals surface area contributed by atoms with Crippen molar-refractivity contribution in [3.63, 3.8) is 0 Å². The molecule has 1 aromatic heterocycles. The number of aromatic nitrogens is 1. The second-order valence-electron chi connectivity index (χ2n) is 4.08. The minimum absolute atomic E-state index is 0.312. The van der Waals surface area contributed by atoms with E-state index in [2.05, 4.69) is 20.9 Å². The first kappa shape index (κ1) is 14.0. The molecule has 3 nitrogen and oxygen atoms in total. The number of rotatable bonds is 4. The fourth-order valence-electron chi connectivity index (χ4n) is 1.82. The lowest BCUT2D eigenvalue weighted by Crippen LogP contribution is -2.15. The van der Waals surface area contributed by atoms with E-state index in [4.69, 9.17) is 11.6 Å². The number of carboxylic acids is 1. The van der Waals surface area contributed by atoms with Crippen molar-refractivity contribution in [2.45, 2.75) is 12.3 Å². The normalized spacial score (nSPS) is 12.1. The second-order valence-corrected chi connectivity index (χ2v) is 5.41. The quantitative estimate of drug-likeness (QED) is 0.918. The fraction of sp³-hybridized carbons (Fsp3) is 0.143. The lowest BCUT2D eigenvalue weighted by Gasteiger charge is -2.13. The number of halogens is 2. The third-order valence-corrected chi connectivity index (χ3v) is 3.59. The van der Waals surface area contributed by atoms with Crippen molar-refractivity contribution >= 4 is 33.5 Å². The highest BCUT2D eigenvalue weighted by atomic mass is 79.9. The van der Waals surface area contributed by atoms with E-state index in [1.54, 1.807) is 36.5 Å². The molecule has 19 heavy (non-hydrogen) atoms. The van der Waals surface area contributed by atoms with E-state index < -0.39 is 11.9 Å². The molecular weight excluding hydrogens is 330 g/mol. The fourth-order valence-corrected chi connectivity index (χ4v) is 2.33. The van der Waals surface area contributed by atoms with Gasteiger partial charge in [0, 0.05) is 27.8 Å². The molecule has 2 aromatic rings. The molecule has 98 valence electrons. The lowest BCUT2D eigenvalue weighted by molar-refractivity contribution is -0.138. The molecule has 0 fully saturated rings. The maximum absolute atomic E-state index is 11.4. The van der Waals surface area contributed by atoms with Gasteiger partial charge in [-0.05, 0) is 39.7 Å². The number of hydrogen-bond acceptors (Lipinski definition) is 2. The number of benzene rings is 1. The summed E-state index contributed by atoms with van der Waals surface area (Å²) in [6.45, 7) is 0. The smallest absolute Gasteiger partial charge is 0.311 e. The van der Waals surface area contributed by atoms with Crippen molar-refractivity contribution < 1.29 is 9.90 Å². The highest BCUT2D eigenvalue weighted by Gasteiger charge is 2.23. The zero-order valence-electron chi connectivity index (χ0n) is 9.88. The summed E-state index contributed by atoms with van der Waals surface area (Å²) < 4.78 is 0.862. The van der Waals surface area contributed by atoms with Crippen LogP contribution in [0.1, 0.15) is 17.2 Å². The number of carbonyl (C=O) groups is 1. The minimum atomic E-state index is -0.905. The van der Waals surface area contributed by atoms with Crippen LogP contribution in [0.3, 0.4) is 0 Å². The van der Waals surface area contributed by atoms with Crippen molar-refractivity contribution in [1.29, 1.82) is 0 Å². The molecule has 0 saturated heterocycles. The van der Waals surface area contributed by atoms with Crippen LogP contribution in [0.25, 0.3) is 0 Å². The molecule has 1 unspecified atom stereocenters. The predicted molar refractivity (Wildman–Crippen MR) is 77.5 cm³/mol. The van der Waals surface area contributed by atoms with Crippen molar-refractivity contribution in [3.8, 4) is 0 Å².